The largest absolute Gasteiger partial charge is 0.469 e. The zero-order chi connectivity index (χ0) is 14.8. The molecular formula is C16H17NO4. The van der Waals surface area contributed by atoms with Crippen molar-refractivity contribution in [2.24, 2.45) is 5.92 Å². The number of likely N-dealkylation sites (tertiary alicyclic amines) is 1. The number of para-hydroxylation sites is 1. The highest BCUT2D eigenvalue weighted by atomic mass is 16.5. The van der Waals surface area contributed by atoms with Gasteiger partial charge >= 0.3 is 5.97 Å². The highest BCUT2D eigenvalue weighted by molar-refractivity contribution is 6.06. The summed E-state index contributed by atoms with van der Waals surface area (Å²) in [6.07, 6.45) is 3.07. The number of methoxy groups -OCH3 is 1. The third-order valence-corrected chi connectivity index (χ3v) is 3.95. The van der Waals surface area contributed by atoms with Gasteiger partial charge in [-0.3, -0.25) is 9.59 Å². The monoisotopic (exact) mass is 287 g/mol. The van der Waals surface area contributed by atoms with Crippen LogP contribution in [-0.4, -0.2) is 37.0 Å². The number of fused-ring (bicyclic) bond motifs is 1. The average Bonchev–Trinajstić information content (AvgIpc) is 2.97. The van der Waals surface area contributed by atoms with Crippen LogP contribution in [-0.2, 0) is 9.53 Å². The molecule has 0 radical (unpaired) electrons. The first-order chi connectivity index (χ1) is 10.2. The molecule has 3 rings (SSSR count). The Morgan fingerprint density at radius 2 is 2.14 bits per heavy atom. The number of carbonyl (C=O) groups is 2. The minimum absolute atomic E-state index is 0.0893. The molecule has 0 unspecified atom stereocenters. The van der Waals surface area contributed by atoms with Crippen molar-refractivity contribution in [3.63, 3.8) is 0 Å². The molecule has 2 aromatic rings. The number of benzene rings is 1. The van der Waals surface area contributed by atoms with Crippen LogP contribution in [0.1, 0.15) is 23.2 Å². The Labute approximate surface area is 122 Å². The topological polar surface area (TPSA) is 59.8 Å². The lowest BCUT2D eigenvalue weighted by Crippen LogP contribution is -2.42. The summed E-state index contributed by atoms with van der Waals surface area (Å²) >= 11 is 0. The smallest absolute Gasteiger partial charge is 0.310 e. The Bertz CT molecular complexity index is 676. The van der Waals surface area contributed by atoms with E-state index in [0.717, 1.165) is 18.2 Å². The van der Waals surface area contributed by atoms with Gasteiger partial charge in [-0.25, -0.2) is 0 Å². The molecule has 110 valence electrons. The molecule has 2 heterocycles. The van der Waals surface area contributed by atoms with Crippen molar-refractivity contribution >= 4 is 22.8 Å². The van der Waals surface area contributed by atoms with E-state index < -0.39 is 0 Å². The summed E-state index contributed by atoms with van der Waals surface area (Å²) in [4.78, 5) is 26.0. The molecule has 1 aliphatic heterocycles. The van der Waals surface area contributed by atoms with Crippen LogP contribution in [0.2, 0.25) is 0 Å². The van der Waals surface area contributed by atoms with E-state index in [1.807, 2.05) is 24.3 Å². The molecule has 21 heavy (non-hydrogen) atoms. The van der Waals surface area contributed by atoms with Gasteiger partial charge in [0.2, 0.25) is 0 Å². The highest BCUT2D eigenvalue weighted by Gasteiger charge is 2.30. The summed E-state index contributed by atoms with van der Waals surface area (Å²) in [6, 6.07) is 7.45. The van der Waals surface area contributed by atoms with Gasteiger partial charge in [0.25, 0.3) is 5.91 Å². The molecule has 0 N–H and O–H groups in total. The average molecular weight is 287 g/mol. The van der Waals surface area contributed by atoms with E-state index in [2.05, 4.69) is 0 Å². The second kappa shape index (κ2) is 5.60. The molecule has 0 spiro atoms. The Kier molecular flexibility index (Phi) is 3.64. The van der Waals surface area contributed by atoms with Crippen LogP contribution in [0.4, 0.5) is 0 Å². The fourth-order valence-electron chi connectivity index (χ4n) is 2.83. The maximum absolute atomic E-state index is 12.6. The number of rotatable bonds is 2. The Morgan fingerprint density at radius 1 is 1.33 bits per heavy atom. The third-order valence-electron chi connectivity index (χ3n) is 3.95. The maximum Gasteiger partial charge on any atom is 0.310 e. The van der Waals surface area contributed by atoms with E-state index in [1.54, 1.807) is 4.90 Å². The Balaban J connectivity index is 1.83. The van der Waals surface area contributed by atoms with Crippen molar-refractivity contribution < 1.29 is 18.7 Å². The maximum atomic E-state index is 12.6. The first kappa shape index (κ1) is 13.7. The van der Waals surface area contributed by atoms with Crippen LogP contribution >= 0.6 is 0 Å². The molecule has 1 aromatic carbocycles. The standard InChI is InChI=1S/C16H17NO4/c1-20-16(19)11-5-4-8-17(9-11)15(18)13-10-21-14-7-3-2-6-12(13)14/h2-3,6-7,10-11H,4-5,8-9H2,1H3/t11-/m0/s1. The Morgan fingerprint density at radius 3 is 2.95 bits per heavy atom. The quantitative estimate of drug-likeness (QED) is 0.796. The SMILES string of the molecule is COC(=O)[C@H]1CCCN(C(=O)c2coc3ccccc23)C1. The number of amides is 1. The predicted molar refractivity (Wildman–Crippen MR) is 76.9 cm³/mol. The molecular weight excluding hydrogens is 270 g/mol. The summed E-state index contributed by atoms with van der Waals surface area (Å²) in [7, 11) is 1.38. The van der Waals surface area contributed by atoms with Crippen molar-refractivity contribution in [2.75, 3.05) is 20.2 Å². The number of hydrogen-bond donors (Lipinski definition) is 0. The van der Waals surface area contributed by atoms with E-state index in [0.29, 0.717) is 24.2 Å². The molecule has 0 aliphatic carbocycles. The van der Waals surface area contributed by atoms with Crippen LogP contribution in [0.5, 0.6) is 0 Å². The molecule has 0 saturated carbocycles. The minimum atomic E-state index is -0.246. The van der Waals surface area contributed by atoms with Crippen molar-refractivity contribution in [1.29, 1.82) is 0 Å². The van der Waals surface area contributed by atoms with Crippen molar-refractivity contribution in [3.8, 4) is 0 Å². The molecule has 1 atom stereocenters. The molecule has 0 bridgehead atoms. The summed E-state index contributed by atoms with van der Waals surface area (Å²) < 4.78 is 10.2. The number of hydrogen-bond acceptors (Lipinski definition) is 4. The summed E-state index contributed by atoms with van der Waals surface area (Å²) in [5.41, 5.74) is 1.25. The van der Waals surface area contributed by atoms with Crippen LogP contribution in [0, 0.1) is 5.92 Å². The normalized spacial score (nSPS) is 18.7. The third kappa shape index (κ3) is 2.51. The number of esters is 1. The van der Waals surface area contributed by atoms with Gasteiger partial charge in [-0.2, -0.15) is 0 Å². The highest BCUT2D eigenvalue weighted by Crippen LogP contribution is 2.25. The van der Waals surface area contributed by atoms with Crippen LogP contribution in [0.3, 0.4) is 0 Å². The number of nitrogens with zero attached hydrogens (tertiary/aromatic N) is 1. The van der Waals surface area contributed by atoms with Crippen molar-refractivity contribution in [3.05, 3.63) is 36.1 Å². The molecule has 5 heteroatoms. The molecule has 5 nitrogen and oxygen atoms in total. The van der Waals surface area contributed by atoms with Gasteiger partial charge in [0, 0.05) is 18.5 Å². The zero-order valence-corrected chi connectivity index (χ0v) is 11.9. The fourth-order valence-corrected chi connectivity index (χ4v) is 2.83. The Hall–Kier alpha value is -2.30. The second-order valence-corrected chi connectivity index (χ2v) is 5.26. The van der Waals surface area contributed by atoms with E-state index >= 15 is 0 Å². The van der Waals surface area contributed by atoms with Gasteiger partial charge in [-0.05, 0) is 18.9 Å². The summed E-state index contributed by atoms with van der Waals surface area (Å²) in [5.74, 6) is -0.566. The molecule has 1 fully saturated rings. The number of piperidine rings is 1. The zero-order valence-electron chi connectivity index (χ0n) is 11.9. The summed E-state index contributed by atoms with van der Waals surface area (Å²) in [6.45, 7) is 1.07. The second-order valence-electron chi connectivity index (χ2n) is 5.26. The predicted octanol–water partition coefficient (Wildman–Crippen LogP) is 2.46. The molecule has 1 saturated heterocycles. The van der Waals surface area contributed by atoms with E-state index in [9.17, 15) is 9.59 Å². The van der Waals surface area contributed by atoms with Gasteiger partial charge in [0.05, 0.1) is 18.6 Å². The fraction of sp³-hybridized carbons (Fsp3) is 0.375. The van der Waals surface area contributed by atoms with Gasteiger partial charge in [-0.1, -0.05) is 18.2 Å². The number of carbonyl (C=O) groups excluding carboxylic acids is 2. The summed E-state index contributed by atoms with van der Waals surface area (Å²) in [5, 5.41) is 0.808. The number of ether oxygens (including phenoxy) is 1. The van der Waals surface area contributed by atoms with Crippen LogP contribution < -0.4 is 0 Å². The van der Waals surface area contributed by atoms with Crippen LogP contribution in [0.25, 0.3) is 11.0 Å². The van der Waals surface area contributed by atoms with E-state index in [4.69, 9.17) is 9.15 Å². The van der Waals surface area contributed by atoms with Crippen molar-refractivity contribution in [2.45, 2.75) is 12.8 Å². The van der Waals surface area contributed by atoms with Gasteiger partial charge < -0.3 is 14.1 Å². The molecule has 1 aliphatic rings. The lowest BCUT2D eigenvalue weighted by molar-refractivity contribution is -0.146. The van der Waals surface area contributed by atoms with Gasteiger partial charge in [-0.15, -0.1) is 0 Å². The first-order valence-electron chi connectivity index (χ1n) is 7.04. The van der Waals surface area contributed by atoms with Gasteiger partial charge in [0.1, 0.15) is 11.8 Å². The van der Waals surface area contributed by atoms with E-state index in [-0.39, 0.29) is 17.8 Å². The molecule has 1 amide bonds. The first-order valence-corrected chi connectivity index (χ1v) is 7.04. The van der Waals surface area contributed by atoms with Crippen LogP contribution in [0.15, 0.2) is 34.9 Å². The van der Waals surface area contributed by atoms with Gasteiger partial charge in [0.15, 0.2) is 0 Å². The lowest BCUT2D eigenvalue weighted by Gasteiger charge is -2.31. The lowest BCUT2D eigenvalue weighted by atomic mass is 9.97. The van der Waals surface area contributed by atoms with Crippen molar-refractivity contribution in [1.82, 2.24) is 4.90 Å². The van der Waals surface area contributed by atoms with E-state index in [1.165, 1.54) is 13.4 Å². The molecule has 1 aromatic heterocycles. The number of furan rings is 1. The minimum Gasteiger partial charge on any atom is -0.469 e.